The monoisotopic (exact) mass is 312 g/mol. The second-order valence-corrected chi connectivity index (χ2v) is 4.36. The van der Waals surface area contributed by atoms with E-state index in [2.05, 4.69) is 0 Å². The molecule has 1 aromatic rings. The van der Waals surface area contributed by atoms with Gasteiger partial charge in [0.2, 0.25) is 0 Å². The molecule has 0 fully saturated rings. The Morgan fingerprint density at radius 2 is 2.11 bits per heavy atom. The third-order valence-electron chi connectivity index (χ3n) is 2.45. The molecule has 0 bridgehead atoms. The first-order chi connectivity index (χ1) is 7.97. The topological polar surface area (TPSA) is 66.6 Å². The zero-order valence-electron chi connectivity index (χ0n) is 9.77. The van der Waals surface area contributed by atoms with Crippen molar-refractivity contribution in [1.29, 1.82) is 0 Å². The molecule has 1 amide bonds. The largest absolute Gasteiger partial charge is 0.465 e. The third-order valence-corrected chi connectivity index (χ3v) is 3.28. The molecule has 0 aromatic heterocycles. The van der Waals surface area contributed by atoms with E-state index in [4.69, 9.17) is 34.0 Å². The van der Waals surface area contributed by atoms with Gasteiger partial charge in [-0.1, -0.05) is 35.3 Å². The van der Waals surface area contributed by atoms with Gasteiger partial charge < -0.3 is 15.7 Å². The number of nitrogens with two attached hydrogens (primary N) is 1. The Bertz CT molecular complexity index is 415. The maximum absolute atomic E-state index is 10.9. The van der Waals surface area contributed by atoms with Gasteiger partial charge in [0.15, 0.2) is 0 Å². The second kappa shape index (κ2) is 7.69. The Kier molecular flexibility index (Phi) is 7.40. The maximum atomic E-state index is 10.9. The first-order valence-electron chi connectivity index (χ1n) is 5.14. The minimum atomic E-state index is -0.999. The van der Waals surface area contributed by atoms with E-state index < -0.39 is 12.1 Å². The van der Waals surface area contributed by atoms with Crippen molar-refractivity contribution in [3.63, 3.8) is 0 Å². The standard InChI is InChI=1S/C11H14Cl2N2O2.ClH/c1-2-15(11(16)17)6-9(14)7-4-3-5-8(12)10(7)13;/h3-5,9H,2,6,14H2,1H3,(H,16,17);1H. The molecule has 0 heterocycles. The summed E-state index contributed by atoms with van der Waals surface area (Å²) in [7, 11) is 0. The highest BCUT2D eigenvalue weighted by Crippen LogP contribution is 2.29. The minimum absolute atomic E-state index is 0. The number of hydrogen-bond donors (Lipinski definition) is 2. The summed E-state index contributed by atoms with van der Waals surface area (Å²) in [6, 6.07) is 4.65. The van der Waals surface area contributed by atoms with Crippen molar-refractivity contribution < 1.29 is 9.90 Å². The summed E-state index contributed by atoms with van der Waals surface area (Å²) < 4.78 is 0. The van der Waals surface area contributed by atoms with Crippen LogP contribution in [-0.2, 0) is 0 Å². The van der Waals surface area contributed by atoms with Crippen molar-refractivity contribution in [2.24, 2.45) is 5.73 Å². The molecule has 1 rings (SSSR count). The van der Waals surface area contributed by atoms with Crippen LogP contribution in [0.4, 0.5) is 4.79 Å². The van der Waals surface area contributed by atoms with E-state index in [1.54, 1.807) is 25.1 Å². The Hall–Kier alpha value is -0.680. The Balaban J connectivity index is 0.00000289. The Labute approximate surface area is 122 Å². The number of rotatable bonds is 4. The predicted molar refractivity (Wildman–Crippen MR) is 75.9 cm³/mol. The smallest absolute Gasteiger partial charge is 0.407 e. The number of carbonyl (C=O) groups is 1. The molecule has 1 aromatic carbocycles. The number of halogens is 3. The average molecular weight is 314 g/mol. The summed E-state index contributed by atoms with van der Waals surface area (Å²) in [6.45, 7) is 2.31. The summed E-state index contributed by atoms with van der Waals surface area (Å²) in [5.41, 5.74) is 6.58. The summed E-state index contributed by atoms with van der Waals surface area (Å²) in [5, 5.41) is 9.70. The second-order valence-electron chi connectivity index (χ2n) is 3.57. The fourth-order valence-corrected chi connectivity index (χ4v) is 1.93. The van der Waals surface area contributed by atoms with Crippen molar-refractivity contribution >= 4 is 41.7 Å². The van der Waals surface area contributed by atoms with E-state index in [0.29, 0.717) is 22.2 Å². The normalized spacial score (nSPS) is 11.6. The highest BCUT2D eigenvalue weighted by molar-refractivity contribution is 6.42. The van der Waals surface area contributed by atoms with Crippen LogP contribution in [0.1, 0.15) is 18.5 Å². The van der Waals surface area contributed by atoms with Crippen LogP contribution < -0.4 is 5.73 Å². The van der Waals surface area contributed by atoms with Crippen molar-refractivity contribution in [2.75, 3.05) is 13.1 Å². The first-order valence-corrected chi connectivity index (χ1v) is 5.90. The Morgan fingerprint density at radius 3 is 2.61 bits per heavy atom. The molecule has 7 heteroatoms. The molecule has 1 unspecified atom stereocenters. The van der Waals surface area contributed by atoms with Gasteiger partial charge in [0, 0.05) is 19.1 Å². The lowest BCUT2D eigenvalue weighted by Crippen LogP contribution is -2.36. The highest BCUT2D eigenvalue weighted by atomic mass is 35.5. The van der Waals surface area contributed by atoms with Crippen LogP contribution in [0.5, 0.6) is 0 Å². The zero-order chi connectivity index (χ0) is 13.0. The van der Waals surface area contributed by atoms with Gasteiger partial charge in [0.1, 0.15) is 0 Å². The van der Waals surface area contributed by atoms with Gasteiger partial charge in [-0.2, -0.15) is 0 Å². The van der Waals surface area contributed by atoms with Gasteiger partial charge in [-0.05, 0) is 18.6 Å². The summed E-state index contributed by atoms with van der Waals surface area (Å²) in [6.07, 6.45) is -0.999. The number of carboxylic acid groups (broad SMARTS) is 1. The molecule has 0 saturated carbocycles. The van der Waals surface area contributed by atoms with E-state index in [1.165, 1.54) is 4.90 Å². The van der Waals surface area contributed by atoms with E-state index in [9.17, 15) is 4.79 Å². The molecular formula is C11H15Cl3N2O2. The Morgan fingerprint density at radius 1 is 1.50 bits per heavy atom. The van der Waals surface area contributed by atoms with Crippen molar-refractivity contribution in [2.45, 2.75) is 13.0 Å². The molecule has 0 spiro atoms. The lowest BCUT2D eigenvalue weighted by atomic mass is 10.1. The van der Waals surface area contributed by atoms with Gasteiger partial charge in [-0.25, -0.2) is 4.79 Å². The molecule has 0 aliphatic rings. The molecular weight excluding hydrogens is 298 g/mol. The number of benzene rings is 1. The van der Waals surface area contributed by atoms with E-state index in [-0.39, 0.29) is 19.0 Å². The quantitative estimate of drug-likeness (QED) is 0.895. The van der Waals surface area contributed by atoms with Crippen LogP contribution in [0.15, 0.2) is 18.2 Å². The van der Waals surface area contributed by atoms with Crippen LogP contribution >= 0.6 is 35.6 Å². The number of hydrogen-bond acceptors (Lipinski definition) is 2. The lowest BCUT2D eigenvalue weighted by Gasteiger charge is -2.22. The average Bonchev–Trinajstić information content (AvgIpc) is 2.28. The van der Waals surface area contributed by atoms with Gasteiger partial charge in [-0.3, -0.25) is 0 Å². The summed E-state index contributed by atoms with van der Waals surface area (Å²) in [5.74, 6) is 0. The van der Waals surface area contributed by atoms with E-state index in [1.807, 2.05) is 0 Å². The van der Waals surface area contributed by atoms with Gasteiger partial charge in [0.25, 0.3) is 0 Å². The highest BCUT2D eigenvalue weighted by Gasteiger charge is 2.18. The van der Waals surface area contributed by atoms with Crippen LogP contribution in [0, 0.1) is 0 Å². The van der Waals surface area contributed by atoms with Crippen molar-refractivity contribution in [3.8, 4) is 0 Å². The van der Waals surface area contributed by atoms with Crippen molar-refractivity contribution in [3.05, 3.63) is 33.8 Å². The van der Waals surface area contributed by atoms with Gasteiger partial charge in [0.05, 0.1) is 10.0 Å². The molecule has 0 aliphatic carbocycles. The molecule has 1 atom stereocenters. The number of nitrogens with zero attached hydrogens (tertiary/aromatic N) is 1. The molecule has 3 N–H and O–H groups in total. The van der Waals surface area contributed by atoms with Crippen LogP contribution in [0.25, 0.3) is 0 Å². The fourth-order valence-electron chi connectivity index (χ4n) is 1.49. The minimum Gasteiger partial charge on any atom is -0.465 e. The van der Waals surface area contributed by atoms with Gasteiger partial charge >= 0.3 is 6.09 Å². The van der Waals surface area contributed by atoms with Gasteiger partial charge in [-0.15, -0.1) is 12.4 Å². The SMILES string of the molecule is CCN(CC(N)c1cccc(Cl)c1Cl)C(=O)O.Cl. The molecule has 0 aliphatic heterocycles. The fraction of sp³-hybridized carbons (Fsp3) is 0.364. The van der Waals surface area contributed by atoms with E-state index >= 15 is 0 Å². The van der Waals surface area contributed by atoms with Crippen LogP contribution in [0.2, 0.25) is 10.0 Å². The molecule has 0 radical (unpaired) electrons. The predicted octanol–water partition coefficient (Wildman–Crippen LogP) is 3.41. The molecule has 4 nitrogen and oxygen atoms in total. The molecule has 102 valence electrons. The summed E-state index contributed by atoms with van der Waals surface area (Å²) in [4.78, 5) is 12.1. The first kappa shape index (κ1) is 17.3. The molecule has 0 saturated heterocycles. The van der Waals surface area contributed by atoms with Crippen LogP contribution in [0.3, 0.4) is 0 Å². The van der Waals surface area contributed by atoms with Crippen molar-refractivity contribution in [1.82, 2.24) is 4.90 Å². The zero-order valence-corrected chi connectivity index (χ0v) is 12.1. The lowest BCUT2D eigenvalue weighted by molar-refractivity contribution is 0.145. The summed E-state index contributed by atoms with van der Waals surface area (Å²) >= 11 is 11.9. The third kappa shape index (κ3) is 4.21. The number of likely N-dealkylation sites (N-methyl/N-ethyl adjacent to an activating group) is 1. The van der Waals surface area contributed by atoms with Crippen LogP contribution in [-0.4, -0.2) is 29.2 Å². The number of amides is 1. The molecule has 18 heavy (non-hydrogen) atoms. The maximum Gasteiger partial charge on any atom is 0.407 e. The van der Waals surface area contributed by atoms with E-state index in [0.717, 1.165) is 0 Å².